The van der Waals surface area contributed by atoms with Gasteiger partial charge in [-0.3, -0.25) is 4.79 Å². The molecule has 0 saturated heterocycles. The van der Waals surface area contributed by atoms with Gasteiger partial charge in [0.25, 0.3) is 0 Å². The molecule has 0 bridgehead atoms. The molecule has 0 heterocycles. The van der Waals surface area contributed by atoms with E-state index in [1.165, 1.54) is 0 Å². The molecule has 126 valence electrons. The molecule has 1 unspecified atom stereocenters. The highest BCUT2D eigenvalue weighted by Crippen LogP contribution is 2.41. The van der Waals surface area contributed by atoms with E-state index in [4.69, 9.17) is 5.73 Å². The van der Waals surface area contributed by atoms with E-state index in [0.29, 0.717) is 6.42 Å². The first-order valence-corrected chi connectivity index (χ1v) is 8.40. The zero-order chi connectivity index (χ0) is 17.6. The van der Waals surface area contributed by atoms with Crippen LogP contribution in [0.1, 0.15) is 95.9 Å². The Labute approximate surface area is 129 Å². The second-order valence-corrected chi connectivity index (χ2v) is 5.76. The summed E-state index contributed by atoms with van der Waals surface area (Å²) < 4.78 is 0. The molecule has 20 heavy (non-hydrogen) atoms. The smallest absolute Gasteiger partial charge is 0.149 e. The van der Waals surface area contributed by atoms with E-state index in [-0.39, 0.29) is 22.7 Å². The van der Waals surface area contributed by atoms with E-state index < -0.39 is 0 Å². The fraction of sp³-hybridized carbons (Fsp3) is 0.944. The number of ketones is 1. The maximum Gasteiger partial charge on any atom is 0.149 e. The molecule has 0 aliphatic rings. The monoisotopic (exact) mass is 289 g/mol. The normalized spacial score (nSPS) is 11.7. The molecule has 0 aliphatic carbocycles. The van der Waals surface area contributed by atoms with Gasteiger partial charge in [0.05, 0.1) is 6.04 Å². The summed E-state index contributed by atoms with van der Waals surface area (Å²) >= 11 is 0. The van der Waals surface area contributed by atoms with Gasteiger partial charge in [0.15, 0.2) is 0 Å². The lowest BCUT2D eigenvalue weighted by molar-refractivity contribution is -0.121. The molecule has 0 amide bonds. The van der Waals surface area contributed by atoms with Crippen LogP contribution in [0.3, 0.4) is 0 Å². The van der Waals surface area contributed by atoms with Crippen molar-refractivity contribution in [2.45, 2.75) is 102 Å². The molecule has 1 atom stereocenters. The maximum absolute atomic E-state index is 11.4. The highest BCUT2D eigenvalue weighted by atomic mass is 16.1. The van der Waals surface area contributed by atoms with Crippen LogP contribution in [0.4, 0.5) is 0 Å². The van der Waals surface area contributed by atoms with Gasteiger partial charge in [0.1, 0.15) is 5.78 Å². The van der Waals surface area contributed by atoms with Gasteiger partial charge < -0.3 is 5.73 Å². The third-order valence-electron chi connectivity index (χ3n) is 3.52. The molecule has 2 heteroatoms. The fourth-order valence-electron chi connectivity index (χ4n) is 1.23. The Bertz CT molecular complexity index is 202. The van der Waals surface area contributed by atoms with Crippen LogP contribution in [0.5, 0.6) is 0 Å². The molecule has 0 aromatic heterocycles. The van der Waals surface area contributed by atoms with Crippen LogP contribution in [-0.4, -0.2) is 11.8 Å². The number of rotatable bonds is 4. The van der Waals surface area contributed by atoms with E-state index in [9.17, 15) is 4.79 Å². The van der Waals surface area contributed by atoms with E-state index in [1.54, 1.807) is 0 Å². The van der Waals surface area contributed by atoms with Gasteiger partial charge in [-0.1, -0.05) is 83.1 Å². The molecule has 0 saturated carbocycles. The van der Waals surface area contributed by atoms with E-state index in [1.807, 2.05) is 48.5 Å². The molecular formula is C18H43NO. The number of carbonyl (C=O) groups excluding carboxylic acids is 1. The van der Waals surface area contributed by atoms with Gasteiger partial charge in [0, 0.05) is 6.42 Å². The first-order chi connectivity index (χ1) is 9.12. The minimum Gasteiger partial charge on any atom is -0.321 e. The van der Waals surface area contributed by atoms with Gasteiger partial charge in [0.2, 0.25) is 0 Å². The van der Waals surface area contributed by atoms with Gasteiger partial charge in [-0.05, 0) is 17.3 Å². The number of Topliss-reactive ketones (excluding diaryl/α,β-unsaturated/α-hetero) is 1. The summed E-state index contributed by atoms with van der Waals surface area (Å²) in [5.74, 6) is 0.169. The van der Waals surface area contributed by atoms with Crippen LogP contribution in [0.15, 0.2) is 0 Å². The van der Waals surface area contributed by atoms with Gasteiger partial charge in [-0.2, -0.15) is 0 Å². The number of hydrogen-bond donors (Lipinski definition) is 1. The van der Waals surface area contributed by atoms with Crippen molar-refractivity contribution >= 4 is 5.78 Å². The van der Waals surface area contributed by atoms with Crippen LogP contribution in [-0.2, 0) is 4.79 Å². The topological polar surface area (TPSA) is 43.1 Å². The second kappa shape index (κ2) is 15.0. The van der Waals surface area contributed by atoms with Crippen LogP contribution in [0.25, 0.3) is 0 Å². The van der Waals surface area contributed by atoms with Crippen LogP contribution in [0, 0.1) is 10.8 Å². The fourth-order valence-corrected chi connectivity index (χ4v) is 1.23. The van der Waals surface area contributed by atoms with Crippen molar-refractivity contribution in [2.75, 3.05) is 0 Å². The summed E-state index contributed by atoms with van der Waals surface area (Å²) in [4.78, 5) is 11.4. The second-order valence-electron chi connectivity index (χ2n) is 5.76. The van der Waals surface area contributed by atoms with Gasteiger partial charge in [-0.25, -0.2) is 0 Å². The van der Waals surface area contributed by atoms with Gasteiger partial charge >= 0.3 is 0 Å². The molecular weight excluding hydrogens is 246 g/mol. The first-order valence-electron chi connectivity index (χ1n) is 8.40. The third-order valence-corrected chi connectivity index (χ3v) is 3.52. The van der Waals surface area contributed by atoms with Crippen LogP contribution >= 0.6 is 0 Å². The predicted octanol–water partition coefficient (Wildman–Crippen LogP) is 5.83. The van der Waals surface area contributed by atoms with Crippen molar-refractivity contribution in [3.8, 4) is 0 Å². The Morgan fingerprint density at radius 3 is 1.40 bits per heavy atom. The number of nitrogens with two attached hydrogens (primary N) is 1. The largest absolute Gasteiger partial charge is 0.321 e. The van der Waals surface area contributed by atoms with Crippen molar-refractivity contribution in [3.05, 3.63) is 0 Å². The predicted molar refractivity (Wildman–Crippen MR) is 95.2 cm³/mol. The Kier molecular flexibility index (Phi) is 21.0. The Balaban J connectivity index is -0.000000187. The lowest BCUT2D eigenvalue weighted by Crippen LogP contribution is -2.40. The van der Waals surface area contributed by atoms with Crippen LogP contribution < -0.4 is 5.73 Å². The lowest BCUT2D eigenvalue weighted by atomic mass is 9.66. The molecule has 0 rings (SSSR count). The molecule has 0 aromatic carbocycles. The van der Waals surface area contributed by atoms with Crippen molar-refractivity contribution in [3.63, 3.8) is 0 Å². The number of carbonyl (C=O) groups is 1. The molecule has 0 fully saturated rings. The number of hydrogen-bond acceptors (Lipinski definition) is 2. The van der Waals surface area contributed by atoms with E-state index in [0.717, 1.165) is 6.42 Å². The lowest BCUT2D eigenvalue weighted by Gasteiger charge is -2.40. The zero-order valence-corrected chi connectivity index (χ0v) is 16.5. The maximum atomic E-state index is 11.4. The summed E-state index contributed by atoms with van der Waals surface area (Å²) in [5.41, 5.74) is 6.13. The van der Waals surface area contributed by atoms with Crippen molar-refractivity contribution < 1.29 is 4.79 Å². The van der Waals surface area contributed by atoms with Crippen molar-refractivity contribution in [1.29, 1.82) is 0 Å². The molecule has 2 N–H and O–H groups in total. The van der Waals surface area contributed by atoms with Crippen LogP contribution in [0.2, 0.25) is 0 Å². The standard InChI is InChI=1S/C12H25NO.3C2H6/c1-7-10(14)9(13)8-12(5,6)11(2,3)4;3*1-2/h9H,7-8,13H2,1-6H3;3*1-2H3. The molecule has 0 aromatic rings. The molecule has 0 radical (unpaired) electrons. The summed E-state index contributed by atoms with van der Waals surface area (Å²) in [7, 11) is 0. The molecule has 0 aliphatic heterocycles. The summed E-state index contributed by atoms with van der Waals surface area (Å²) in [6, 6.07) is -0.297. The minimum absolute atomic E-state index is 0.0945. The first kappa shape index (κ1) is 27.9. The highest BCUT2D eigenvalue weighted by molar-refractivity contribution is 5.83. The SMILES string of the molecule is CC.CC.CC.CCC(=O)C(N)CC(C)(C)C(C)(C)C. The average Bonchev–Trinajstić information content (AvgIpc) is 2.42. The third kappa shape index (κ3) is 12.7. The highest BCUT2D eigenvalue weighted by Gasteiger charge is 2.35. The minimum atomic E-state index is -0.297. The van der Waals surface area contributed by atoms with Gasteiger partial charge in [-0.15, -0.1) is 0 Å². The summed E-state index contributed by atoms with van der Waals surface area (Å²) in [6.45, 7) is 24.8. The average molecular weight is 290 g/mol. The molecule has 2 nitrogen and oxygen atoms in total. The van der Waals surface area contributed by atoms with Crippen molar-refractivity contribution in [2.24, 2.45) is 16.6 Å². The Morgan fingerprint density at radius 1 is 0.900 bits per heavy atom. The quantitative estimate of drug-likeness (QED) is 0.707. The van der Waals surface area contributed by atoms with E-state index in [2.05, 4.69) is 34.6 Å². The Morgan fingerprint density at radius 2 is 1.20 bits per heavy atom. The Hall–Kier alpha value is -0.370. The summed E-state index contributed by atoms with van der Waals surface area (Å²) in [6.07, 6.45) is 1.31. The van der Waals surface area contributed by atoms with E-state index >= 15 is 0 Å². The summed E-state index contributed by atoms with van der Waals surface area (Å²) in [5, 5.41) is 0. The zero-order valence-electron chi connectivity index (χ0n) is 16.5. The van der Waals surface area contributed by atoms with Crippen molar-refractivity contribution in [1.82, 2.24) is 0 Å². The molecule has 0 spiro atoms.